The highest BCUT2D eigenvalue weighted by molar-refractivity contribution is 8.51. The van der Waals surface area contributed by atoms with Crippen LogP contribution in [0.4, 0.5) is 0 Å². The van der Waals surface area contributed by atoms with Gasteiger partial charge in [0.1, 0.15) is 4.38 Å². The fourth-order valence-corrected chi connectivity index (χ4v) is 6.45. The molecule has 2 heterocycles. The molecule has 0 aliphatic carbocycles. The first kappa shape index (κ1) is 15.7. The lowest BCUT2D eigenvalue weighted by Crippen LogP contribution is -2.07. The Balaban J connectivity index is 2.03. The molecule has 112 valence electrons. The summed E-state index contributed by atoms with van der Waals surface area (Å²) in [4.78, 5) is 18.7. The topological polar surface area (TPSA) is 38.7 Å². The Bertz CT molecular complexity index is 455. The number of esters is 1. The lowest BCUT2D eigenvalue weighted by Gasteiger charge is -2.22. The van der Waals surface area contributed by atoms with Crippen molar-refractivity contribution in [2.24, 2.45) is 4.99 Å². The number of methoxy groups -OCH3 is 1. The number of carbonyl (C=O) groups excluding carboxylic acids is 1. The first-order valence-corrected chi connectivity index (χ1v) is 9.57. The number of ether oxygens (including phenoxy) is 1. The van der Waals surface area contributed by atoms with E-state index in [-0.39, 0.29) is 5.97 Å². The van der Waals surface area contributed by atoms with Crippen molar-refractivity contribution in [3.8, 4) is 0 Å². The van der Waals surface area contributed by atoms with Crippen molar-refractivity contribution >= 4 is 33.0 Å². The molecule has 0 aromatic carbocycles. The van der Waals surface area contributed by atoms with Crippen molar-refractivity contribution in [1.29, 1.82) is 0 Å². The van der Waals surface area contributed by atoms with Crippen molar-refractivity contribution in [3.05, 3.63) is 22.0 Å². The number of aliphatic imine (C=N–C) groups is 1. The molecule has 0 saturated carbocycles. The minimum absolute atomic E-state index is 0.189. The normalized spacial score (nSPS) is 23.3. The minimum atomic E-state index is -0.679. The summed E-state index contributed by atoms with van der Waals surface area (Å²) in [5.41, 5.74) is 0. The van der Waals surface area contributed by atoms with E-state index in [1.165, 1.54) is 37.7 Å². The Hall–Kier alpha value is -0.680. The van der Waals surface area contributed by atoms with Gasteiger partial charge in [0.2, 0.25) is 0 Å². The highest BCUT2D eigenvalue weighted by atomic mass is 32.2. The number of carbonyl (C=O) groups is 1. The quantitative estimate of drug-likeness (QED) is 0.457. The van der Waals surface area contributed by atoms with Crippen molar-refractivity contribution in [2.45, 2.75) is 39.0 Å². The molecule has 0 aromatic rings. The van der Waals surface area contributed by atoms with Gasteiger partial charge < -0.3 is 4.74 Å². The molecule has 5 heteroatoms. The van der Waals surface area contributed by atoms with E-state index in [4.69, 9.17) is 4.74 Å². The van der Waals surface area contributed by atoms with Gasteiger partial charge in [-0.25, -0.2) is 4.79 Å². The summed E-state index contributed by atoms with van der Waals surface area (Å²) in [7, 11) is 0.779. The van der Waals surface area contributed by atoms with E-state index in [1.807, 2.05) is 17.8 Å². The largest absolute Gasteiger partial charge is 0.465 e. The summed E-state index contributed by atoms with van der Waals surface area (Å²) < 4.78 is 6.09. The van der Waals surface area contributed by atoms with E-state index < -0.39 is 10.9 Å². The highest BCUT2D eigenvalue weighted by Gasteiger charge is 2.30. The lowest BCUT2D eigenvalue weighted by molar-refractivity contribution is -0.135. The van der Waals surface area contributed by atoms with Gasteiger partial charge in [-0.15, -0.1) is 10.9 Å². The molecule has 3 nitrogen and oxygen atoms in total. The molecule has 0 bridgehead atoms. The first-order valence-electron chi connectivity index (χ1n) is 7.24. The zero-order valence-corrected chi connectivity index (χ0v) is 13.9. The standard InChI is InChI=1S/C15H23NO2S2/c1-3-4-5-6-7-12-8-9-13(14(17)18-2)20(12)15-16-10-11-19-15/h8-9,20H,3-7,10-11H2,1-2H3. The molecule has 20 heavy (non-hydrogen) atoms. The molecule has 0 N–H and O–H groups in total. The van der Waals surface area contributed by atoms with Crippen LogP contribution in [0.15, 0.2) is 27.0 Å². The molecule has 2 aliphatic rings. The average molecular weight is 313 g/mol. The number of nitrogens with zero attached hydrogens (tertiary/aromatic N) is 1. The summed E-state index contributed by atoms with van der Waals surface area (Å²) in [6.45, 7) is 3.11. The maximum absolute atomic E-state index is 11.9. The maximum Gasteiger partial charge on any atom is 0.343 e. The van der Waals surface area contributed by atoms with Crippen LogP contribution in [0.25, 0.3) is 0 Å². The van der Waals surface area contributed by atoms with Crippen LogP contribution in [0.3, 0.4) is 0 Å². The van der Waals surface area contributed by atoms with Crippen LogP contribution in [-0.2, 0) is 9.53 Å². The number of thioether (sulfide) groups is 1. The fourth-order valence-electron chi connectivity index (χ4n) is 2.36. The van der Waals surface area contributed by atoms with Gasteiger partial charge in [0, 0.05) is 5.75 Å². The Kier molecular flexibility index (Phi) is 6.23. The Morgan fingerprint density at radius 2 is 2.25 bits per heavy atom. The number of allylic oxidation sites excluding steroid dienone is 3. The second kappa shape index (κ2) is 7.93. The predicted molar refractivity (Wildman–Crippen MR) is 90.7 cm³/mol. The molecule has 0 spiro atoms. The van der Waals surface area contributed by atoms with Gasteiger partial charge in [0.15, 0.2) is 0 Å². The SMILES string of the molecule is CCCCCCC1=CC=C(C(=O)OC)[SH]1C1=NCCS1. The molecule has 2 aliphatic heterocycles. The van der Waals surface area contributed by atoms with Crippen LogP contribution in [0, 0.1) is 0 Å². The summed E-state index contributed by atoms with van der Waals surface area (Å²) in [5.74, 6) is 0.859. The zero-order valence-electron chi connectivity index (χ0n) is 12.2. The van der Waals surface area contributed by atoms with E-state index in [1.54, 1.807) is 0 Å². The van der Waals surface area contributed by atoms with E-state index in [0.29, 0.717) is 0 Å². The zero-order chi connectivity index (χ0) is 14.4. The Morgan fingerprint density at radius 1 is 1.40 bits per heavy atom. The van der Waals surface area contributed by atoms with Gasteiger partial charge in [-0.3, -0.25) is 4.99 Å². The Labute approximate surface area is 128 Å². The van der Waals surface area contributed by atoms with Crippen LogP contribution in [0.5, 0.6) is 0 Å². The van der Waals surface area contributed by atoms with Crippen molar-refractivity contribution in [2.75, 3.05) is 19.4 Å². The first-order chi connectivity index (χ1) is 9.77. The Morgan fingerprint density at radius 3 is 2.90 bits per heavy atom. The second-order valence-electron chi connectivity index (χ2n) is 4.86. The third-order valence-electron chi connectivity index (χ3n) is 3.40. The number of thiol groups is 1. The fraction of sp³-hybridized carbons (Fsp3) is 0.600. The van der Waals surface area contributed by atoms with E-state index in [2.05, 4.69) is 18.0 Å². The molecule has 0 fully saturated rings. The van der Waals surface area contributed by atoms with Gasteiger partial charge in [-0.05, 0) is 23.8 Å². The van der Waals surface area contributed by atoms with Crippen molar-refractivity contribution in [3.63, 3.8) is 0 Å². The molecule has 1 atom stereocenters. The number of rotatable bonds is 6. The molecule has 2 rings (SSSR count). The second-order valence-corrected chi connectivity index (χ2v) is 8.40. The van der Waals surface area contributed by atoms with Crippen LogP contribution < -0.4 is 0 Å². The molecule has 0 aromatic heterocycles. The summed E-state index contributed by atoms with van der Waals surface area (Å²) in [5, 5.41) is 0. The molecule has 0 radical (unpaired) electrons. The average Bonchev–Trinajstić information content (AvgIpc) is 3.11. The monoisotopic (exact) mass is 313 g/mol. The van der Waals surface area contributed by atoms with Gasteiger partial charge in [-0.1, -0.05) is 44.0 Å². The van der Waals surface area contributed by atoms with Crippen molar-refractivity contribution < 1.29 is 9.53 Å². The van der Waals surface area contributed by atoms with Crippen LogP contribution >= 0.6 is 22.7 Å². The summed E-state index contributed by atoms with van der Waals surface area (Å²) in [6.07, 6.45) is 10.2. The highest BCUT2D eigenvalue weighted by Crippen LogP contribution is 2.54. The van der Waals surface area contributed by atoms with E-state index in [0.717, 1.165) is 28.0 Å². The van der Waals surface area contributed by atoms with E-state index in [9.17, 15) is 4.79 Å². The van der Waals surface area contributed by atoms with Gasteiger partial charge in [0.05, 0.1) is 18.6 Å². The summed E-state index contributed by atoms with van der Waals surface area (Å²) in [6, 6.07) is 0. The third kappa shape index (κ3) is 3.70. The van der Waals surface area contributed by atoms with Gasteiger partial charge in [-0.2, -0.15) is 0 Å². The molecular formula is C15H23NO2S2. The van der Waals surface area contributed by atoms with Crippen LogP contribution in [0.1, 0.15) is 39.0 Å². The summed E-state index contributed by atoms with van der Waals surface area (Å²) >= 11 is 1.81. The van der Waals surface area contributed by atoms with E-state index >= 15 is 0 Å². The molecular weight excluding hydrogens is 290 g/mol. The molecule has 0 saturated heterocycles. The van der Waals surface area contributed by atoms with Gasteiger partial charge >= 0.3 is 5.97 Å². The number of unbranched alkanes of at least 4 members (excludes halogenated alkanes) is 3. The minimum Gasteiger partial charge on any atom is -0.465 e. The van der Waals surface area contributed by atoms with Crippen LogP contribution in [0.2, 0.25) is 0 Å². The number of hydrogen-bond acceptors (Lipinski definition) is 4. The molecule has 0 amide bonds. The van der Waals surface area contributed by atoms with Crippen LogP contribution in [-0.4, -0.2) is 29.8 Å². The maximum atomic E-state index is 11.9. The smallest absolute Gasteiger partial charge is 0.343 e. The lowest BCUT2D eigenvalue weighted by atomic mass is 10.1. The molecule has 1 unspecified atom stereocenters. The van der Waals surface area contributed by atoms with Crippen molar-refractivity contribution in [1.82, 2.24) is 0 Å². The van der Waals surface area contributed by atoms with Gasteiger partial charge in [0.25, 0.3) is 0 Å². The number of hydrogen-bond donors (Lipinski definition) is 1. The predicted octanol–water partition coefficient (Wildman–Crippen LogP) is 4.02. The third-order valence-corrected chi connectivity index (χ3v) is 7.40.